The Morgan fingerprint density at radius 1 is 1.07 bits per heavy atom. The summed E-state index contributed by atoms with van der Waals surface area (Å²) in [5.41, 5.74) is -3.22. The van der Waals surface area contributed by atoms with Crippen LogP contribution in [0.4, 0.5) is 22.0 Å². The van der Waals surface area contributed by atoms with Crippen molar-refractivity contribution in [3.8, 4) is 11.3 Å². The van der Waals surface area contributed by atoms with Crippen LogP contribution in [0.3, 0.4) is 0 Å². The molecule has 10 heteroatoms. The van der Waals surface area contributed by atoms with E-state index in [4.69, 9.17) is 17.3 Å². The van der Waals surface area contributed by atoms with Gasteiger partial charge in [-0.3, -0.25) is 0 Å². The van der Waals surface area contributed by atoms with E-state index in [1.54, 1.807) is 0 Å². The molecule has 2 aromatic rings. The number of aromatic nitrogens is 1. The van der Waals surface area contributed by atoms with Crippen molar-refractivity contribution >= 4 is 11.6 Å². The minimum Gasteiger partial charge on any atom is -0.386 e. The topological polar surface area (TPSA) is 79.4 Å². The highest BCUT2D eigenvalue weighted by atomic mass is 35.5. The van der Waals surface area contributed by atoms with Crippen molar-refractivity contribution in [2.24, 2.45) is 5.73 Å². The number of aliphatic hydroxyl groups is 2. The molecule has 0 aliphatic carbocycles. The zero-order valence-corrected chi connectivity index (χ0v) is 15.0. The lowest BCUT2D eigenvalue weighted by Gasteiger charge is -2.31. The molecular weight excluding hydrogens is 395 g/mol. The number of alkyl halides is 3. The van der Waals surface area contributed by atoms with Gasteiger partial charge in [-0.1, -0.05) is 11.6 Å². The van der Waals surface area contributed by atoms with Gasteiger partial charge in [0, 0.05) is 17.7 Å². The summed E-state index contributed by atoms with van der Waals surface area (Å²) in [4.78, 5) is 3.56. The van der Waals surface area contributed by atoms with Gasteiger partial charge in [-0.2, -0.15) is 13.2 Å². The molecule has 4 N–H and O–H groups in total. The van der Waals surface area contributed by atoms with Gasteiger partial charge in [0.1, 0.15) is 11.5 Å². The fourth-order valence-corrected chi connectivity index (χ4v) is 2.97. The van der Waals surface area contributed by atoms with Crippen LogP contribution in [0.5, 0.6) is 0 Å². The van der Waals surface area contributed by atoms with E-state index in [0.29, 0.717) is 0 Å². The maximum absolute atomic E-state index is 14.9. The van der Waals surface area contributed by atoms with Crippen LogP contribution in [0.25, 0.3) is 11.3 Å². The molecule has 0 aliphatic rings. The first kappa shape index (κ1) is 21.5. The van der Waals surface area contributed by atoms with Crippen LogP contribution in [-0.4, -0.2) is 27.9 Å². The number of nitrogens with two attached hydrogens (primary N) is 1. The lowest BCUT2D eigenvalue weighted by molar-refractivity contribution is -0.264. The molecule has 0 aliphatic heterocycles. The lowest BCUT2D eigenvalue weighted by Crippen LogP contribution is -2.50. The van der Waals surface area contributed by atoms with E-state index in [2.05, 4.69) is 4.98 Å². The molecular formula is C17H16ClF5N2O2. The average Bonchev–Trinajstić information content (AvgIpc) is 2.53. The third kappa shape index (κ3) is 3.77. The molecule has 0 saturated heterocycles. The van der Waals surface area contributed by atoms with E-state index >= 15 is 0 Å². The smallest absolute Gasteiger partial charge is 0.386 e. The Kier molecular flexibility index (Phi) is 5.55. The maximum atomic E-state index is 14.9. The van der Waals surface area contributed by atoms with Gasteiger partial charge >= 0.3 is 6.18 Å². The first-order chi connectivity index (χ1) is 12.2. The SMILES string of the molecule is CC(C)(O)c1c(F)c([C@](O)(CN)C(F)(F)F)nc(-c2ccc(F)cc2)c1Cl. The molecule has 1 atom stereocenters. The van der Waals surface area contributed by atoms with Crippen molar-refractivity contribution in [3.05, 3.63) is 52.2 Å². The van der Waals surface area contributed by atoms with Gasteiger partial charge in [-0.05, 0) is 38.1 Å². The number of rotatable bonds is 4. The second-order valence-corrected chi connectivity index (χ2v) is 6.82. The summed E-state index contributed by atoms with van der Waals surface area (Å²) in [6.07, 6.45) is -5.36. The molecule has 0 spiro atoms. The summed E-state index contributed by atoms with van der Waals surface area (Å²) in [6.45, 7) is 0.783. The first-order valence-corrected chi connectivity index (χ1v) is 7.99. The molecule has 0 fully saturated rings. The lowest BCUT2D eigenvalue weighted by atomic mass is 9.90. The molecule has 0 saturated carbocycles. The van der Waals surface area contributed by atoms with Crippen molar-refractivity contribution < 1.29 is 32.2 Å². The van der Waals surface area contributed by atoms with Crippen LogP contribution in [0.2, 0.25) is 5.02 Å². The average molecular weight is 411 g/mol. The van der Waals surface area contributed by atoms with Crippen LogP contribution in [-0.2, 0) is 11.2 Å². The van der Waals surface area contributed by atoms with Crippen molar-refractivity contribution in [1.82, 2.24) is 4.98 Å². The Morgan fingerprint density at radius 2 is 1.59 bits per heavy atom. The van der Waals surface area contributed by atoms with Crippen molar-refractivity contribution in [2.45, 2.75) is 31.2 Å². The van der Waals surface area contributed by atoms with E-state index in [1.807, 2.05) is 0 Å². The summed E-state index contributed by atoms with van der Waals surface area (Å²) < 4.78 is 68.3. The fraction of sp³-hybridized carbons (Fsp3) is 0.353. The van der Waals surface area contributed by atoms with E-state index in [0.717, 1.165) is 38.1 Å². The van der Waals surface area contributed by atoms with Gasteiger partial charge in [0.05, 0.1) is 16.3 Å². The molecule has 1 aromatic carbocycles. The number of hydrogen-bond acceptors (Lipinski definition) is 4. The van der Waals surface area contributed by atoms with Crippen molar-refractivity contribution in [2.75, 3.05) is 6.54 Å². The third-order valence-corrected chi connectivity index (χ3v) is 4.33. The summed E-state index contributed by atoms with van der Waals surface area (Å²) in [6, 6.07) is 4.32. The summed E-state index contributed by atoms with van der Waals surface area (Å²) in [5.74, 6) is -2.27. The Morgan fingerprint density at radius 3 is 2.00 bits per heavy atom. The van der Waals surface area contributed by atoms with E-state index < -0.39 is 51.8 Å². The second-order valence-electron chi connectivity index (χ2n) is 6.44. The molecule has 148 valence electrons. The highest BCUT2D eigenvalue weighted by molar-refractivity contribution is 6.34. The minimum atomic E-state index is -5.36. The molecule has 0 amide bonds. The predicted octanol–water partition coefficient (Wildman–Crippen LogP) is 3.62. The second kappa shape index (κ2) is 6.97. The Hall–Kier alpha value is -1.81. The molecule has 4 nitrogen and oxygen atoms in total. The van der Waals surface area contributed by atoms with Crippen LogP contribution in [0.1, 0.15) is 25.1 Å². The molecule has 0 radical (unpaired) electrons. The third-order valence-electron chi connectivity index (χ3n) is 3.96. The zero-order chi connectivity index (χ0) is 20.8. The number of nitrogens with zero attached hydrogens (tertiary/aromatic N) is 1. The number of pyridine rings is 1. The van der Waals surface area contributed by atoms with Gasteiger partial charge in [0.25, 0.3) is 0 Å². The molecule has 0 bridgehead atoms. The summed E-state index contributed by atoms with van der Waals surface area (Å²) >= 11 is 6.10. The van der Waals surface area contributed by atoms with E-state index in [-0.39, 0.29) is 11.3 Å². The summed E-state index contributed by atoms with van der Waals surface area (Å²) in [7, 11) is 0. The Balaban J connectivity index is 2.94. The van der Waals surface area contributed by atoms with Crippen molar-refractivity contribution in [3.63, 3.8) is 0 Å². The molecule has 2 rings (SSSR count). The largest absolute Gasteiger partial charge is 0.424 e. The van der Waals surface area contributed by atoms with Gasteiger partial charge in [0.2, 0.25) is 5.60 Å². The van der Waals surface area contributed by atoms with Crippen LogP contribution in [0, 0.1) is 11.6 Å². The first-order valence-electron chi connectivity index (χ1n) is 7.61. The fourth-order valence-electron chi connectivity index (χ4n) is 2.50. The quantitative estimate of drug-likeness (QED) is 0.673. The van der Waals surface area contributed by atoms with Gasteiger partial charge in [-0.25, -0.2) is 13.8 Å². The minimum absolute atomic E-state index is 0.0506. The van der Waals surface area contributed by atoms with Gasteiger partial charge in [0.15, 0.2) is 5.82 Å². The van der Waals surface area contributed by atoms with Crippen LogP contribution >= 0.6 is 11.6 Å². The standard InChI is InChI=1S/C17H16ClF5N2O2/c1-15(2,26)10-11(18)13(8-3-5-9(19)6-4-8)25-14(12(10)20)16(27,7-24)17(21,22)23/h3-6,26-27H,7,24H2,1-2H3/t16-/m1/s1. The molecule has 1 aromatic heterocycles. The highest BCUT2D eigenvalue weighted by Crippen LogP contribution is 2.44. The predicted molar refractivity (Wildman–Crippen MR) is 88.9 cm³/mol. The van der Waals surface area contributed by atoms with Gasteiger partial charge in [-0.15, -0.1) is 0 Å². The molecule has 1 heterocycles. The summed E-state index contributed by atoms with van der Waals surface area (Å²) in [5, 5.41) is 19.8. The zero-order valence-electron chi connectivity index (χ0n) is 14.2. The van der Waals surface area contributed by atoms with E-state index in [9.17, 15) is 32.2 Å². The monoisotopic (exact) mass is 410 g/mol. The van der Waals surface area contributed by atoms with Crippen LogP contribution < -0.4 is 5.73 Å². The number of halogens is 6. The Bertz CT molecular complexity index is 850. The molecule has 27 heavy (non-hydrogen) atoms. The van der Waals surface area contributed by atoms with Crippen molar-refractivity contribution in [1.29, 1.82) is 0 Å². The number of benzene rings is 1. The molecule has 0 unspecified atom stereocenters. The maximum Gasteiger partial charge on any atom is 0.424 e. The van der Waals surface area contributed by atoms with Gasteiger partial charge < -0.3 is 15.9 Å². The Labute approximate surface area is 156 Å². The normalized spacial score (nSPS) is 14.9. The van der Waals surface area contributed by atoms with E-state index in [1.165, 1.54) is 0 Å². The number of hydrogen-bond donors (Lipinski definition) is 3. The van der Waals surface area contributed by atoms with Crippen LogP contribution in [0.15, 0.2) is 24.3 Å². The highest BCUT2D eigenvalue weighted by Gasteiger charge is 2.57.